The summed E-state index contributed by atoms with van der Waals surface area (Å²) in [5.41, 5.74) is 0.771. The third-order valence-electron chi connectivity index (χ3n) is 2.53. The molecule has 2 rings (SSSR count). The Hall–Kier alpha value is -1.29. The summed E-state index contributed by atoms with van der Waals surface area (Å²) in [6, 6.07) is 4.02. The van der Waals surface area contributed by atoms with E-state index >= 15 is 0 Å². The predicted molar refractivity (Wildman–Crippen MR) is 66.0 cm³/mol. The summed E-state index contributed by atoms with van der Waals surface area (Å²) in [7, 11) is -3.80. The van der Waals surface area contributed by atoms with Gasteiger partial charge in [-0.15, -0.1) is 0 Å². The van der Waals surface area contributed by atoms with Gasteiger partial charge in [-0.2, -0.15) is 9.98 Å². The lowest BCUT2D eigenvalue weighted by atomic mass is 10.2. The molecular weight excluding hydrogens is 276 g/mol. The molecule has 1 aromatic rings. The Kier molecular flexibility index (Phi) is 3.48. The molecule has 0 saturated carbocycles. The van der Waals surface area contributed by atoms with E-state index in [2.05, 4.69) is 4.72 Å². The second kappa shape index (κ2) is 4.76. The zero-order chi connectivity index (χ0) is 13.3. The summed E-state index contributed by atoms with van der Waals surface area (Å²) in [6.07, 6.45) is 0.631. The van der Waals surface area contributed by atoms with Crippen LogP contribution in [0.5, 0.6) is 5.75 Å². The molecule has 0 amide bonds. The molecule has 0 aliphatic carbocycles. The lowest BCUT2D eigenvalue weighted by Crippen LogP contribution is -2.31. The van der Waals surface area contributed by atoms with Gasteiger partial charge in [-0.3, -0.25) is 0 Å². The fourth-order valence-corrected chi connectivity index (χ4v) is 3.42. The fourth-order valence-electron chi connectivity index (χ4n) is 1.76. The van der Waals surface area contributed by atoms with E-state index in [-0.39, 0.29) is 4.90 Å². The van der Waals surface area contributed by atoms with E-state index in [0.717, 1.165) is 5.56 Å². The average molecular weight is 287 g/mol. The van der Waals surface area contributed by atoms with Crippen molar-refractivity contribution in [3.63, 3.8) is 0 Å². The largest absolute Gasteiger partial charge is 0.492 e. The van der Waals surface area contributed by atoms with Crippen molar-refractivity contribution >= 4 is 21.6 Å². The van der Waals surface area contributed by atoms with Crippen LogP contribution in [0.25, 0.3) is 0 Å². The molecule has 0 aromatic heterocycles. The number of sulfonamides is 1. The van der Waals surface area contributed by atoms with Gasteiger partial charge in [0.15, 0.2) is 0 Å². The van der Waals surface area contributed by atoms with E-state index < -0.39 is 16.1 Å². The van der Waals surface area contributed by atoms with Crippen molar-refractivity contribution in [2.24, 2.45) is 0 Å². The Balaban J connectivity index is 2.49. The molecule has 0 bridgehead atoms. The number of nitriles is 1. The molecule has 1 atom stereocenters. The van der Waals surface area contributed by atoms with Gasteiger partial charge in [0, 0.05) is 17.0 Å². The molecule has 1 aliphatic rings. The Labute approximate surface area is 110 Å². The monoisotopic (exact) mass is 286 g/mol. The van der Waals surface area contributed by atoms with Gasteiger partial charge in [0.1, 0.15) is 16.7 Å². The molecule has 96 valence electrons. The third kappa shape index (κ3) is 2.43. The number of halogens is 1. The molecule has 0 radical (unpaired) electrons. The van der Waals surface area contributed by atoms with E-state index in [1.54, 1.807) is 6.07 Å². The summed E-state index contributed by atoms with van der Waals surface area (Å²) >= 11 is 5.89. The van der Waals surface area contributed by atoms with Gasteiger partial charge >= 0.3 is 0 Å². The molecule has 1 N–H and O–H groups in total. The maximum Gasteiger partial charge on any atom is 0.245 e. The van der Waals surface area contributed by atoms with E-state index in [1.165, 1.54) is 13.0 Å². The second-order valence-electron chi connectivity index (χ2n) is 3.96. The summed E-state index contributed by atoms with van der Waals surface area (Å²) in [5.74, 6) is 0.331. The molecule has 1 aliphatic heterocycles. The molecular formula is C11H11ClN2O3S. The highest BCUT2D eigenvalue weighted by molar-refractivity contribution is 7.89. The van der Waals surface area contributed by atoms with Crippen LogP contribution >= 0.6 is 11.6 Å². The van der Waals surface area contributed by atoms with Gasteiger partial charge in [0.25, 0.3) is 0 Å². The van der Waals surface area contributed by atoms with Gasteiger partial charge in [0.2, 0.25) is 10.0 Å². The first kappa shape index (κ1) is 13.1. The van der Waals surface area contributed by atoms with Gasteiger partial charge < -0.3 is 4.74 Å². The lowest BCUT2D eigenvalue weighted by Gasteiger charge is -2.11. The van der Waals surface area contributed by atoms with Crippen LogP contribution in [-0.4, -0.2) is 21.1 Å². The first-order valence-electron chi connectivity index (χ1n) is 5.31. The van der Waals surface area contributed by atoms with Crippen LogP contribution in [0, 0.1) is 11.3 Å². The van der Waals surface area contributed by atoms with E-state index in [0.29, 0.717) is 23.8 Å². The number of hydrogen-bond donors (Lipinski definition) is 1. The Morgan fingerprint density at radius 2 is 2.28 bits per heavy atom. The molecule has 0 unspecified atom stereocenters. The standard InChI is InChI=1S/C11H11ClN2O3S/c1-7(6-13)14-18(15,16)10-5-9(12)4-8-2-3-17-11(8)10/h4-5,7,14H,2-3H2,1H3/t7-/m0/s1. The van der Waals surface area contributed by atoms with Crippen LogP contribution in [0.4, 0.5) is 0 Å². The first-order valence-corrected chi connectivity index (χ1v) is 7.17. The Bertz CT molecular complexity index is 622. The quantitative estimate of drug-likeness (QED) is 0.912. The van der Waals surface area contributed by atoms with Gasteiger partial charge in [-0.05, 0) is 19.1 Å². The molecule has 0 fully saturated rings. The SMILES string of the molecule is C[C@@H](C#N)NS(=O)(=O)c1cc(Cl)cc2c1OCC2. The highest BCUT2D eigenvalue weighted by Gasteiger charge is 2.27. The first-order chi connectivity index (χ1) is 8.44. The van der Waals surface area contributed by atoms with Gasteiger partial charge in [-0.25, -0.2) is 8.42 Å². The highest BCUT2D eigenvalue weighted by atomic mass is 35.5. The minimum absolute atomic E-state index is 0.00963. The number of hydrogen-bond acceptors (Lipinski definition) is 4. The molecule has 18 heavy (non-hydrogen) atoms. The third-order valence-corrected chi connectivity index (χ3v) is 4.29. The molecule has 5 nitrogen and oxygen atoms in total. The number of fused-ring (bicyclic) bond motifs is 1. The van der Waals surface area contributed by atoms with Gasteiger partial charge in [0.05, 0.1) is 12.7 Å². The number of ether oxygens (including phenoxy) is 1. The number of benzene rings is 1. The zero-order valence-corrected chi connectivity index (χ0v) is 11.2. The van der Waals surface area contributed by atoms with Crippen molar-refractivity contribution < 1.29 is 13.2 Å². The van der Waals surface area contributed by atoms with Crippen molar-refractivity contribution in [2.75, 3.05) is 6.61 Å². The van der Waals surface area contributed by atoms with Crippen molar-refractivity contribution in [1.29, 1.82) is 5.26 Å². The molecule has 1 aromatic carbocycles. The van der Waals surface area contributed by atoms with Crippen LogP contribution in [0.2, 0.25) is 5.02 Å². The lowest BCUT2D eigenvalue weighted by molar-refractivity contribution is 0.348. The van der Waals surface area contributed by atoms with Crippen molar-refractivity contribution in [3.8, 4) is 11.8 Å². The normalized spacial score (nSPS) is 15.6. The van der Waals surface area contributed by atoms with Crippen molar-refractivity contribution in [3.05, 3.63) is 22.7 Å². The molecule has 7 heteroatoms. The van der Waals surface area contributed by atoms with Crippen LogP contribution in [0.15, 0.2) is 17.0 Å². The van der Waals surface area contributed by atoms with Crippen molar-refractivity contribution in [2.45, 2.75) is 24.3 Å². The maximum atomic E-state index is 12.1. The van der Waals surface area contributed by atoms with Crippen LogP contribution in [0.3, 0.4) is 0 Å². The minimum atomic E-state index is -3.80. The van der Waals surface area contributed by atoms with E-state index in [9.17, 15) is 8.42 Å². The summed E-state index contributed by atoms with van der Waals surface area (Å²) in [6.45, 7) is 1.90. The average Bonchev–Trinajstić information content (AvgIpc) is 2.74. The number of nitrogens with one attached hydrogen (secondary N) is 1. The number of nitrogens with zero attached hydrogens (tertiary/aromatic N) is 1. The fraction of sp³-hybridized carbons (Fsp3) is 0.364. The summed E-state index contributed by atoms with van der Waals surface area (Å²) in [5, 5.41) is 9.00. The molecule has 0 spiro atoms. The predicted octanol–water partition coefficient (Wildman–Crippen LogP) is 1.47. The smallest absolute Gasteiger partial charge is 0.245 e. The zero-order valence-electron chi connectivity index (χ0n) is 9.60. The molecule has 0 saturated heterocycles. The van der Waals surface area contributed by atoms with Crippen LogP contribution < -0.4 is 9.46 Å². The van der Waals surface area contributed by atoms with Gasteiger partial charge in [-0.1, -0.05) is 11.6 Å². The minimum Gasteiger partial charge on any atom is -0.492 e. The maximum absolute atomic E-state index is 12.1. The summed E-state index contributed by atoms with van der Waals surface area (Å²) in [4.78, 5) is -0.00963. The summed E-state index contributed by atoms with van der Waals surface area (Å²) < 4.78 is 31.8. The van der Waals surface area contributed by atoms with Crippen LogP contribution in [0.1, 0.15) is 12.5 Å². The Morgan fingerprint density at radius 3 is 2.94 bits per heavy atom. The molecule has 1 heterocycles. The second-order valence-corrected chi connectivity index (χ2v) is 6.08. The van der Waals surface area contributed by atoms with E-state index in [1.807, 2.05) is 6.07 Å². The highest BCUT2D eigenvalue weighted by Crippen LogP contribution is 2.35. The topological polar surface area (TPSA) is 79.2 Å². The van der Waals surface area contributed by atoms with Crippen molar-refractivity contribution in [1.82, 2.24) is 4.72 Å². The Morgan fingerprint density at radius 1 is 1.56 bits per heavy atom. The van der Waals surface area contributed by atoms with E-state index in [4.69, 9.17) is 21.6 Å². The van der Waals surface area contributed by atoms with Crippen LogP contribution in [-0.2, 0) is 16.4 Å². The number of rotatable bonds is 3.